The first-order valence-electron chi connectivity index (χ1n) is 15.1. The van der Waals surface area contributed by atoms with Gasteiger partial charge >= 0.3 is 6.01 Å². The first-order valence-corrected chi connectivity index (χ1v) is 15.9. The minimum Gasteiger partial charge on any atom is -0.462 e. The molecule has 3 aliphatic heterocycles. The molecule has 220 valence electrons. The molecule has 3 aromatic heterocycles. The van der Waals surface area contributed by atoms with Crippen LogP contribution in [0.4, 0.5) is 15.3 Å². The van der Waals surface area contributed by atoms with Crippen LogP contribution in [0, 0.1) is 5.82 Å². The molecule has 8 rings (SSSR count). The second-order valence-electron chi connectivity index (χ2n) is 12.3. The molecular formula is C30H35FN8O2S. The van der Waals surface area contributed by atoms with Crippen molar-refractivity contribution < 1.29 is 9.13 Å². The highest BCUT2D eigenvalue weighted by molar-refractivity contribution is 7.22. The highest BCUT2D eigenvalue weighted by Gasteiger charge is 2.35. The highest BCUT2D eigenvalue weighted by atomic mass is 32.1. The Bertz CT molecular complexity index is 1740. The molecule has 0 amide bonds. The molecule has 10 nitrogen and oxygen atoms in total. The van der Waals surface area contributed by atoms with E-state index in [0.717, 1.165) is 75.9 Å². The lowest BCUT2D eigenvalue weighted by Gasteiger charge is -2.35. The number of likely N-dealkylation sites (tertiary alicyclic amines) is 1. The molecule has 2 bridgehead atoms. The number of likely N-dealkylation sites (N-methyl/N-ethyl adjacent to an activating group) is 1. The molecule has 6 heterocycles. The Labute approximate surface area is 246 Å². The average molecular weight is 591 g/mol. The van der Waals surface area contributed by atoms with Crippen LogP contribution in [-0.2, 0) is 0 Å². The van der Waals surface area contributed by atoms with Gasteiger partial charge in [-0.15, -0.1) is 0 Å². The van der Waals surface area contributed by atoms with Gasteiger partial charge in [-0.2, -0.15) is 9.97 Å². The highest BCUT2D eigenvalue weighted by Crippen LogP contribution is 2.40. The molecule has 12 heteroatoms. The topological polar surface area (TPSA) is 114 Å². The number of nitrogen functional groups attached to an aromatic ring is 1. The van der Waals surface area contributed by atoms with Gasteiger partial charge in [0, 0.05) is 42.8 Å². The summed E-state index contributed by atoms with van der Waals surface area (Å²) in [6.07, 6.45) is 7.34. The van der Waals surface area contributed by atoms with Gasteiger partial charge in [-0.3, -0.25) is 4.79 Å². The van der Waals surface area contributed by atoms with Crippen molar-refractivity contribution >= 4 is 43.4 Å². The number of thiazole rings is 1. The van der Waals surface area contributed by atoms with Gasteiger partial charge in [-0.1, -0.05) is 11.3 Å². The van der Waals surface area contributed by atoms with Crippen molar-refractivity contribution in [2.24, 2.45) is 0 Å². The van der Waals surface area contributed by atoms with E-state index >= 15 is 0 Å². The van der Waals surface area contributed by atoms with E-state index in [1.165, 1.54) is 6.07 Å². The molecule has 1 aromatic carbocycles. The van der Waals surface area contributed by atoms with Crippen LogP contribution < -0.4 is 26.2 Å². The van der Waals surface area contributed by atoms with Gasteiger partial charge in [0.05, 0.1) is 21.4 Å². The summed E-state index contributed by atoms with van der Waals surface area (Å²) in [6.45, 7) is 3.12. The van der Waals surface area contributed by atoms with Crippen molar-refractivity contribution in [3.8, 4) is 17.3 Å². The molecule has 4 fully saturated rings. The largest absolute Gasteiger partial charge is 0.462 e. The van der Waals surface area contributed by atoms with Gasteiger partial charge in [0.2, 0.25) is 0 Å². The number of hydrogen-bond donors (Lipinski definition) is 2. The Morgan fingerprint density at radius 1 is 1.10 bits per heavy atom. The van der Waals surface area contributed by atoms with E-state index in [-0.39, 0.29) is 23.4 Å². The Hall–Kier alpha value is -3.35. The van der Waals surface area contributed by atoms with Gasteiger partial charge in [-0.25, -0.2) is 9.37 Å². The number of ether oxygens (including phenoxy) is 1. The minimum absolute atomic E-state index is 0.0499. The smallest absolute Gasteiger partial charge is 0.319 e. The van der Waals surface area contributed by atoms with Crippen LogP contribution in [0.15, 0.2) is 23.0 Å². The van der Waals surface area contributed by atoms with E-state index in [1.807, 2.05) is 10.6 Å². The predicted molar refractivity (Wildman–Crippen MR) is 163 cm³/mol. The molecule has 0 radical (unpaired) electrons. The second kappa shape index (κ2) is 10.1. The summed E-state index contributed by atoms with van der Waals surface area (Å²) in [4.78, 5) is 33.4. The molecule has 3 atom stereocenters. The third-order valence-electron chi connectivity index (χ3n) is 9.68. The Kier molecular flexibility index (Phi) is 6.34. The molecule has 4 aromatic rings. The standard InChI is InChI=1S/C30H35FN8O2S/c1-37-11-3-6-19(37)15-41-30-34-22-12-23(20-9-10-21(31)26-25(20)35-29(32)42-26)39(18-4-2-5-18)28(40)24(22)27(36-30)38-13-16-7-8-17(14-38)33-16/h9-10,12,16-19,33H,2-8,11,13-15H2,1H3,(H2,32,35)/t16?,17?,19-/m0/s1. The van der Waals surface area contributed by atoms with Crippen LogP contribution >= 0.6 is 11.3 Å². The average Bonchev–Trinajstić information content (AvgIpc) is 3.65. The maximum Gasteiger partial charge on any atom is 0.319 e. The SMILES string of the molecule is CN1CCC[C@H]1COc1nc(N2CC3CCC(C2)N3)c2c(=O)n(C3CCC3)c(-c3ccc(F)c4sc(N)nc34)cc2n1. The Morgan fingerprint density at radius 3 is 2.62 bits per heavy atom. The molecule has 1 saturated carbocycles. The van der Waals surface area contributed by atoms with E-state index < -0.39 is 0 Å². The van der Waals surface area contributed by atoms with Crippen molar-refractivity contribution in [2.45, 2.75) is 69.1 Å². The van der Waals surface area contributed by atoms with Crippen molar-refractivity contribution in [2.75, 3.05) is 43.9 Å². The third kappa shape index (κ3) is 4.34. The molecule has 3 saturated heterocycles. The molecule has 0 spiro atoms. The van der Waals surface area contributed by atoms with Crippen molar-refractivity contribution in [1.82, 2.24) is 29.7 Å². The Morgan fingerprint density at radius 2 is 1.90 bits per heavy atom. The van der Waals surface area contributed by atoms with E-state index in [4.69, 9.17) is 20.4 Å². The fraction of sp³-hybridized carbons (Fsp3) is 0.533. The summed E-state index contributed by atoms with van der Waals surface area (Å²) in [5, 5.41) is 4.50. The number of hydrogen-bond acceptors (Lipinski definition) is 10. The van der Waals surface area contributed by atoms with Gasteiger partial charge in [0.25, 0.3) is 5.56 Å². The Balaban J connectivity index is 1.33. The number of nitrogens with two attached hydrogens (primary N) is 1. The van der Waals surface area contributed by atoms with Crippen LogP contribution in [0.25, 0.3) is 32.4 Å². The van der Waals surface area contributed by atoms with Crippen molar-refractivity contribution in [3.05, 3.63) is 34.4 Å². The summed E-state index contributed by atoms with van der Waals surface area (Å²) in [5.41, 5.74) is 8.28. The first-order chi connectivity index (χ1) is 20.4. The maximum atomic E-state index is 14.8. The van der Waals surface area contributed by atoms with Gasteiger partial charge < -0.3 is 30.2 Å². The van der Waals surface area contributed by atoms with Gasteiger partial charge in [0.1, 0.15) is 23.6 Å². The zero-order valence-corrected chi connectivity index (χ0v) is 24.5. The quantitative estimate of drug-likeness (QED) is 0.345. The summed E-state index contributed by atoms with van der Waals surface area (Å²) in [5.74, 6) is 0.284. The number of halogens is 1. The third-order valence-corrected chi connectivity index (χ3v) is 10.6. The van der Waals surface area contributed by atoms with E-state index in [0.29, 0.717) is 68.1 Å². The molecule has 2 unspecified atom stereocenters. The number of fused-ring (bicyclic) bond motifs is 4. The first kappa shape index (κ1) is 26.3. The van der Waals surface area contributed by atoms with E-state index in [1.54, 1.807) is 6.07 Å². The predicted octanol–water partition coefficient (Wildman–Crippen LogP) is 3.93. The number of rotatable bonds is 6. The van der Waals surface area contributed by atoms with Crippen molar-refractivity contribution in [1.29, 1.82) is 0 Å². The molecular weight excluding hydrogens is 555 g/mol. The number of benzene rings is 1. The van der Waals surface area contributed by atoms with Gasteiger partial charge in [0.15, 0.2) is 5.13 Å². The molecule has 1 aliphatic carbocycles. The zero-order chi connectivity index (χ0) is 28.5. The number of pyridine rings is 1. The van der Waals surface area contributed by atoms with Crippen LogP contribution in [0.5, 0.6) is 6.01 Å². The second-order valence-corrected chi connectivity index (χ2v) is 13.4. The lowest BCUT2D eigenvalue weighted by atomic mass is 9.91. The van der Waals surface area contributed by atoms with Gasteiger partial charge in [-0.05, 0) is 76.7 Å². The number of aromatic nitrogens is 4. The monoisotopic (exact) mass is 590 g/mol. The van der Waals surface area contributed by atoms with Crippen LogP contribution in [0.3, 0.4) is 0 Å². The van der Waals surface area contributed by atoms with E-state index in [9.17, 15) is 9.18 Å². The molecule has 4 aliphatic rings. The lowest BCUT2D eigenvalue weighted by Crippen LogP contribution is -2.51. The summed E-state index contributed by atoms with van der Waals surface area (Å²) < 4.78 is 23.3. The van der Waals surface area contributed by atoms with Crippen LogP contribution in [0.1, 0.15) is 51.0 Å². The number of piperazine rings is 1. The summed E-state index contributed by atoms with van der Waals surface area (Å²) in [7, 11) is 2.12. The lowest BCUT2D eigenvalue weighted by molar-refractivity contribution is 0.188. The van der Waals surface area contributed by atoms with Crippen molar-refractivity contribution in [3.63, 3.8) is 0 Å². The molecule has 3 N–H and O–H groups in total. The number of nitrogens with zero attached hydrogens (tertiary/aromatic N) is 6. The van der Waals surface area contributed by atoms with Crippen LogP contribution in [0.2, 0.25) is 0 Å². The summed E-state index contributed by atoms with van der Waals surface area (Å²) in [6, 6.07) is 6.49. The normalized spacial score (nSPS) is 24.6. The van der Waals surface area contributed by atoms with E-state index in [2.05, 4.69) is 27.1 Å². The number of anilines is 2. The zero-order valence-electron chi connectivity index (χ0n) is 23.7. The van der Waals surface area contributed by atoms with Crippen LogP contribution in [-0.4, -0.2) is 75.8 Å². The fourth-order valence-electron chi connectivity index (χ4n) is 7.22. The number of nitrogens with one attached hydrogen (secondary N) is 1. The molecule has 42 heavy (non-hydrogen) atoms. The summed E-state index contributed by atoms with van der Waals surface area (Å²) >= 11 is 1.12. The maximum absolute atomic E-state index is 14.8. The minimum atomic E-state index is -0.369. The fourth-order valence-corrected chi connectivity index (χ4v) is 7.99.